The van der Waals surface area contributed by atoms with Crippen molar-refractivity contribution in [2.45, 2.75) is 6.04 Å². The van der Waals surface area contributed by atoms with E-state index in [2.05, 4.69) is 12.6 Å². The molecule has 54 valence electrons. The molecule has 1 unspecified atom stereocenters. The first-order chi connectivity index (χ1) is 4.09. The Morgan fingerprint density at radius 2 is 2.33 bits per heavy atom. The normalized spacial score (nSPS) is 16.8. The van der Waals surface area contributed by atoms with E-state index in [-0.39, 0.29) is 5.75 Å². The molecule has 0 heterocycles. The van der Waals surface area contributed by atoms with Crippen molar-refractivity contribution in [1.29, 1.82) is 0 Å². The van der Waals surface area contributed by atoms with E-state index in [0.717, 1.165) is 0 Å². The molecule has 0 fully saturated rings. The number of thiol groups is 1. The summed E-state index contributed by atoms with van der Waals surface area (Å²) >= 11 is 1.20. The highest BCUT2D eigenvalue weighted by molar-refractivity contribution is 7.95. The third-order valence-corrected chi connectivity index (χ3v) is 1.71. The van der Waals surface area contributed by atoms with Gasteiger partial charge in [0.25, 0.3) is 5.12 Å². The molecule has 0 aromatic carbocycles. The van der Waals surface area contributed by atoms with Crippen LogP contribution in [-0.4, -0.2) is 25.7 Å². The average molecular weight is 169 g/mol. The van der Waals surface area contributed by atoms with Gasteiger partial charge in [0.1, 0.15) is 0 Å². The van der Waals surface area contributed by atoms with Gasteiger partial charge in [-0.1, -0.05) is 0 Å². The van der Waals surface area contributed by atoms with Crippen LogP contribution in [0.1, 0.15) is 0 Å². The van der Waals surface area contributed by atoms with Crippen molar-refractivity contribution in [2.75, 3.05) is 5.75 Å². The maximum Gasteiger partial charge on any atom is 0.263 e. The maximum atomic E-state index is 10.3. The van der Waals surface area contributed by atoms with E-state index in [9.17, 15) is 9.00 Å². The number of carbonyl (C=O) groups is 1. The molecule has 0 aromatic heterocycles. The lowest BCUT2D eigenvalue weighted by Gasteiger charge is -2.00. The van der Waals surface area contributed by atoms with Crippen LogP contribution in [0.25, 0.3) is 0 Å². The number of rotatable bonds is 2. The fourth-order valence-corrected chi connectivity index (χ4v) is 0.836. The van der Waals surface area contributed by atoms with Crippen molar-refractivity contribution in [2.24, 2.45) is 5.73 Å². The van der Waals surface area contributed by atoms with Crippen molar-refractivity contribution in [3.05, 3.63) is 0 Å². The second-order valence-electron chi connectivity index (χ2n) is 1.36. The zero-order valence-corrected chi connectivity index (χ0v) is 6.19. The van der Waals surface area contributed by atoms with Crippen LogP contribution in [0.15, 0.2) is 0 Å². The molecular formula is C3H7NO3S2. The van der Waals surface area contributed by atoms with Crippen LogP contribution in [0.3, 0.4) is 0 Å². The van der Waals surface area contributed by atoms with E-state index >= 15 is 0 Å². The summed E-state index contributed by atoms with van der Waals surface area (Å²) in [6.07, 6.45) is 0. The van der Waals surface area contributed by atoms with Crippen LogP contribution in [0, 0.1) is 0 Å². The molecule has 0 aliphatic rings. The second-order valence-corrected chi connectivity index (χ2v) is 2.62. The van der Waals surface area contributed by atoms with Gasteiger partial charge < -0.3 is 5.73 Å². The van der Waals surface area contributed by atoms with Crippen LogP contribution in [-0.2, 0) is 15.9 Å². The summed E-state index contributed by atoms with van der Waals surface area (Å²) in [6, 6.07) is -0.931. The smallest absolute Gasteiger partial charge is 0.263 e. The molecule has 0 aliphatic carbocycles. The first-order valence-electron chi connectivity index (χ1n) is 2.10. The Bertz CT molecular complexity index is 137. The fourth-order valence-electron chi connectivity index (χ4n) is 0.204. The van der Waals surface area contributed by atoms with Gasteiger partial charge in [-0.3, -0.25) is 9.35 Å². The van der Waals surface area contributed by atoms with E-state index < -0.39 is 22.2 Å². The highest BCUT2D eigenvalue weighted by atomic mass is 32.2. The second kappa shape index (κ2) is 3.99. The molecule has 0 saturated heterocycles. The minimum Gasteiger partial charge on any atom is -0.320 e. The van der Waals surface area contributed by atoms with Gasteiger partial charge in [0, 0.05) is 5.75 Å². The summed E-state index contributed by atoms with van der Waals surface area (Å²) in [4.78, 5) is 10.3. The fraction of sp³-hybridized carbons (Fsp3) is 0.667. The lowest BCUT2D eigenvalue weighted by Crippen LogP contribution is -2.34. The predicted molar refractivity (Wildman–Crippen MR) is 37.6 cm³/mol. The third kappa shape index (κ3) is 2.95. The molecule has 6 heteroatoms. The van der Waals surface area contributed by atoms with E-state index in [4.69, 9.17) is 10.3 Å². The highest BCUT2D eigenvalue weighted by Gasteiger charge is 2.16. The van der Waals surface area contributed by atoms with Gasteiger partial charge in [-0.15, -0.1) is 0 Å². The predicted octanol–water partition coefficient (Wildman–Crippen LogP) is -1.01. The van der Waals surface area contributed by atoms with Gasteiger partial charge in [0.05, 0.1) is 6.04 Å². The quantitative estimate of drug-likeness (QED) is 0.365. The Morgan fingerprint density at radius 3 is 2.44 bits per heavy atom. The van der Waals surface area contributed by atoms with Crippen molar-refractivity contribution in [3.63, 3.8) is 0 Å². The molecular weight excluding hydrogens is 162 g/mol. The van der Waals surface area contributed by atoms with Gasteiger partial charge in [-0.2, -0.15) is 12.6 Å². The Hall–Kier alpha value is 0.0900. The highest BCUT2D eigenvalue weighted by Crippen LogP contribution is 1.88. The summed E-state index contributed by atoms with van der Waals surface area (Å²) in [7, 11) is 0. The number of hydrogen-bond acceptors (Lipinski definition) is 4. The van der Waals surface area contributed by atoms with Gasteiger partial charge in [0.15, 0.2) is 0 Å². The zero-order chi connectivity index (χ0) is 7.44. The molecule has 0 aliphatic heterocycles. The van der Waals surface area contributed by atoms with Crippen LogP contribution < -0.4 is 5.73 Å². The molecule has 0 rings (SSSR count). The molecule has 0 spiro atoms. The van der Waals surface area contributed by atoms with Gasteiger partial charge in [0.2, 0.25) is 11.1 Å². The molecule has 4 nitrogen and oxygen atoms in total. The lowest BCUT2D eigenvalue weighted by molar-refractivity contribution is -0.112. The lowest BCUT2D eigenvalue weighted by atomic mass is 10.4. The molecule has 9 heavy (non-hydrogen) atoms. The van der Waals surface area contributed by atoms with Crippen LogP contribution in [0.4, 0.5) is 0 Å². The molecule has 2 atom stereocenters. The Kier molecular flexibility index (Phi) is 4.03. The standard InChI is InChI=1S/C3H7NO3S2/c4-2(1-8)3(5)9(6)7/h2,8H,1,4H2,(H,6,7)/t2-/m0/s1. The zero-order valence-electron chi connectivity index (χ0n) is 4.48. The average Bonchev–Trinajstić information content (AvgIpc) is 1.84. The summed E-state index contributed by atoms with van der Waals surface area (Å²) in [5, 5.41) is -0.884. The summed E-state index contributed by atoms with van der Waals surface area (Å²) in [5.41, 5.74) is 5.04. The topological polar surface area (TPSA) is 80.4 Å². The van der Waals surface area contributed by atoms with Crippen molar-refractivity contribution >= 4 is 28.8 Å². The molecule has 0 amide bonds. The van der Waals surface area contributed by atoms with E-state index in [1.165, 1.54) is 0 Å². The van der Waals surface area contributed by atoms with Gasteiger partial charge in [-0.05, 0) is 0 Å². The SMILES string of the molecule is N[C@@H](CS)C(=O)S(=O)O. The van der Waals surface area contributed by atoms with Crippen LogP contribution in [0.2, 0.25) is 0 Å². The summed E-state index contributed by atoms with van der Waals surface area (Å²) in [6.45, 7) is 0. The Balaban J connectivity index is 3.88. The van der Waals surface area contributed by atoms with Gasteiger partial charge in [-0.25, -0.2) is 4.21 Å². The third-order valence-electron chi connectivity index (χ3n) is 0.672. The Labute approximate surface area is 60.5 Å². The minimum absolute atomic E-state index is 0.0884. The number of carbonyl (C=O) groups excluding carboxylic acids is 1. The largest absolute Gasteiger partial charge is 0.320 e. The molecule has 0 radical (unpaired) electrons. The number of hydrogen-bond donors (Lipinski definition) is 3. The van der Waals surface area contributed by atoms with Gasteiger partial charge >= 0.3 is 0 Å². The summed E-state index contributed by atoms with van der Waals surface area (Å²) < 4.78 is 18.1. The van der Waals surface area contributed by atoms with E-state index in [0.29, 0.717) is 0 Å². The van der Waals surface area contributed by atoms with Crippen LogP contribution in [0.5, 0.6) is 0 Å². The Morgan fingerprint density at radius 1 is 1.89 bits per heavy atom. The molecule has 0 saturated carbocycles. The van der Waals surface area contributed by atoms with E-state index in [1.54, 1.807) is 0 Å². The summed E-state index contributed by atoms with van der Waals surface area (Å²) in [5.74, 6) is 0.0884. The molecule has 0 aromatic rings. The maximum absolute atomic E-state index is 10.3. The number of nitrogens with two attached hydrogens (primary N) is 1. The van der Waals surface area contributed by atoms with Crippen molar-refractivity contribution in [3.8, 4) is 0 Å². The van der Waals surface area contributed by atoms with Crippen LogP contribution >= 0.6 is 12.6 Å². The first kappa shape index (κ1) is 9.09. The van der Waals surface area contributed by atoms with Crippen molar-refractivity contribution in [1.82, 2.24) is 0 Å². The minimum atomic E-state index is -2.45. The molecule has 3 N–H and O–H groups in total. The molecule has 0 bridgehead atoms. The van der Waals surface area contributed by atoms with E-state index in [1.807, 2.05) is 0 Å². The van der Waals surface area contributed by atoms with Crippen molar-refractivity contribution < 1.29 is 13.6 Å². The first-order valence-corrected chi connectivity index (χ1v) is 3.84. The monoisotopic (exact) mass is 169 g/mol.